The largest absolute Gasteiger partial charge is 0.437 e. The van der Waals surface area contributed by atoms with Gasteiger partial charge in [-0.1, -0.05) is 31.4 Å². The third kappa shape index (κ3) is 5.64. The van der Waals surface area contributed by atoms with Crippen molar-refractivity contribution in [2.24, 2.45) is 16.6 Å². The molecule has 2 aliphatic rings. The van der Waals surface area contributed by atoms with E-state index >= 15 is 0 Å². The van der Waals surface area contributed by atoms with Gasteiger partial charge in [0.05, 0.1) is 0 Å². The molecule has 2 heterocycles. The highest BCUT2D eigenvalue weighted by atomic mass is 35.5. The van der Waals surface area contributed by atoms with Crippen LogP contribution in [0.3, 0.4) is 0 Å². The van der Waals surface area contributed by atoms with Gasteiger partial charge in [0, 0.05) is 54.5 Å². The molecule has 1 atom stereocenters. The monoisotopic (exact) mass is 430 g/mol. The average molecular weight is 431 g/mol. The fourth-order valence-electron chi connectivity index (χ4n) is 3.98. The van der Waals surface area contributed by atoms with Gasteiger partial charge in [0.1, 0.15) is 5.84 Å². The first kappa shape index (κ1) is 22.4. The minimum atomic E-state index is -0.900. The normalized spacial score (nSPS) is 19.0. The van der Waals surface area contributed by atoms with Crippen LogP contribution in [-0.2, 0) is 9.59 Å². The zero-order chi connectivity index (χ0) is 21.7. The Morgan fingerprint density at radius 1 is 1.33 bits per heavy atom. The number of hydrogen-bond donors (Lipinski definition) is 3. The third-order valence-corrected chi connectivity index (χ3v) is 5.79. The zero-order valence-corrected chi connectivity index (χ0v) is 18.0. The Kier molecular flexibility index (Phi) is 7.56. The Labute approximate surface area is 182 Å². The summed E-state index contributed by atoms with van der Waals surface area (Å²) in [7, 11) is -0.900. The van der Waals surface area contributed by atoms with Gasteiger partial charge in [-0.2, -0.15) is 0 Å². The van der Waals surface area contributed by atoms with Crippen LogP contribution in [0.25, 0.3) is 0 Å². The smallest absolute Gasteiger partial charge is 0.431 e. The van der Waals surface area contributed by atoms with E-state index in [0.717, 1.165) is 36.1 Å². The molecular weight excluding hydrogens is 403 g/mol. The molecule has 1 aromatic carbocycles. The molecule has 1 aromatic rings. The molecule has 0 saturated heterocycles. The van der Waals surface area contributed by atoms with Crippen molar-refractivity contribution in [3.05, 3.63) is 46.1 Å². The maximum absolute atomic E-state index is 12.7. The molecule has 0 aliphatic carbocycles. The van der Waals surface area contributed by atoms with Crippen molar-refractivity contribution in [1.29, 1.82) is 0 Å². The molecule has 0 spiro atoms. The lowest BCUT2D eigenvalue weighted by Gasteiger charge is -2.37. The van der Waals surface area contributed by atoms with Gasteiger partial charge in [-0.05, 0) is 36.3 Å². The molecule has 160 valence electrons. The summed E-state index contributed by atoms with van der Waals surface area (Å²) in [4.78, 5) is 30.0. The number of rotatable bonds is 7. The summed E-state index contributed by atoms with van der Waals surface area (Å²) in [5.41, 5.74) is 8.08. The highest BCUT2D eigenvalue weighted by Crippen LogP contribution is 2.31. The highest BCUT2D eigenvalue weighted by Gasteiger charge is 2.34. The first-order valence-corrected chi connectivity index (χ1v) is 10.8. The summed E-state index contributed by atoms with van der Waals surface area (Å²) in [6.07, 6.45) is 3.53. The maximum Gasteiger partial charge on any atom is 0.437 e. The molecule has 30 heavy (non-hydrogen) atoms. The Morgan fingerprint density at radius 2 is 2.07 bits per heavy atom. The number of unbranched alkanes of at least 4 members (excludes halogenated alkanes) is 1. The Bertz CT molecular complexity index is 856. The van der Waals surface area contributed by atoms with Gasteiger partial charge in [0.25, 0.3) is 0 Å². The van der Waals surface area contributed by atoms with E-state index < -0.39 is 13.0 Å². The summed E-state index contributed by atoms with van der Waals surface area (Å²) in [5, 5.41) is 14.6. The fraction of sp³-hybridized carbons (Fsp3) is 0.476. The number of amides is 2. The number of carbonyl (C=O) groups is 2. The molecule has 3 rings (SSSR count). The van der Waals surface area contributed by atoms with Crippen LogP contribution < -0.4 is 11.1 Å². The van der Waals surface area contributed by atoms with Crippen LogP contribution in [0.4, 0.5) is 0 Å². The van der Waals surface area contributed by atoms with Crippen LogP contribution in [-0.4, -0.2) is 47.7 Å². The summed E-state index contributed by atoms with van der Waals surface area (Å²) in [6, 6.07) is 7.33. The summed E-state index contributed by atoms with van der Waals surface area (Å²) in [6.45, 7) is 3.13. The summed E-state index contributed by atoms with van der Waals surface area (Å²) < 4.78 is 0. The molecule has 9 heteroatoms. The van der Waals surface area contributed by atoms with Crippen molar-refractivity contribution in [2.75, 3.05) is 13.1 Å². The van der Waals surface area contributed by atoms with E-state index in [4.69, 9.17) is 17.3 Å². The molecule has 4 N–H and O–H groups in total. The van der Waals surface area contributed by atoms with Crippen LogP contribution in [0.15, 0.2) is 40.4 Å². The first-order chi connectivity index (χ1) is 14.4. The third-order valence-electron chi connectivity index (χ3n) is 5.53. The molecular formula is C21H28BClN4O3. The lowest BCUT2D eigenvalue weighted by molar-refractivity contribution is -0.133. The van der Waals surface area contributed by atoms with Crippen LogP contribution >= 0.6 is 11.6 Å². The molecule has 2 aliphatic heterocycles. The number of hydrogen-bond acceptors (Lipinski definition) is 5. The van der Waals surface area contributed by atoms with E-state index in [2.05, 4.69) is 17.1 Å². The van der Waals surface area contributed by atoms with Gasteiger partial charge < -0.3 is 21.0 Å². The second-order valence-electron chi connectivity index (χ2n) is 7.89. The highest BCUT2D eigenvalue weighted by molar-refractivity contribution is 6.51. The predicted octanol–water partition coefficient (Wildman–Crippen LogP) is 2.34. The van der Waals surface area contributed by atoms with E-state index in [9.17, 15) is 14.6 Å². The van der Waals surface area contributed by atoms with Crippen molar-refractivity contribution in [2.45, 2.75) is 45.3 Å². The van der Waals surface area contributed by atoms with Gasteiger partial charge in [0.2, 0.25) is 11.8 Å². The maximum atomic E-state index is 12.7. The van der Waals surface area contributed by atoms with Gasteiger partial charge in [-0.25, -0.2) is 0 Å². The molecule has 0 bridgehead atoms. The SMILES string of the molecule is CCCCC1CN(C(=O)CCC(N)=O)CC2=C1NC(c1ccc(Cl)cc1)=NB(O)C2. The number of nitrogens with zero attached hydrogens (tertiary/aromatic N) is 2. The number of benzene rings is 1. The summed E-state index contributed by atoms with van der Waals surface area (Å²) >= 11 is 6.01. The number of amidine groups is 1. The van der Waals surface area contributed by atoms with Crippen molar-refractivity contribution in [3.63, 3.8) is 0 Å². The van der Waals surface area contributed by atoms with Crippen LogP contribution in [0.2, 0.25) is 11.3 Å². The first-order valence-electron chi connectivity index (χ1n) is 10.4. The molecule has 1 unspecified atom stereocenters. The Morgan fingerprint density at radius 3 is 2.73 bits per heavy atom. The van der Waals surface area contributed by atoms with E-state index in [1.807, 2.05) is 12.1 Å². The van der Waals surface area contributed by atoms with Crippen molar-refractivity contribution >= 4 is 36.3 Å². The molecule has 2 amide bonds. The van der Waals surface area contributed by atoms with E-state index in [0.29, 0.717) is 30.3 Å². The van der Waals surface area contributed by atoms with Crippen LogP contribution in [0, 0.1) is 5.92 Å². The van der Waals surface area contributed by atoms with Gasteiger partial charge >= 0.3 is 7.05 Å². The second kappa shape index (κ2) is 10.1. The molecule has 0 radical (unpaired) electrons. The lowest BCUT2D eigenvalue weighted by Crippen LogP contribution is -2.45. The van der Waals surface area contributed by atoms with Crippen molar-refractivity contribution < 1.29 is 14.6 Å². The average Bonchev–Trinajstić information content (AvgIpc) is 2.88. The van der Waals surface area contributed by atoms with E-state index in [-0.39, 0.29) is 24.7 Å². The van der Waals surface area contributed by atoms with E-state index in [1.54, 1.807) is 17.0 Å². The number of carbonyl (C=O) groups excluding carboxylic acids is 2. The Hall–Kier alpha value is -2.32. The topological polar surface area (TPSA) is 108 Å². The molecule has 0 saturated carbocycles. The number of nitrogens with one attached hydrogen (secondary N) is 1. The van der Waals surface area contributed by atoms with Crippen molar-refractivity contribution in [3.8, 4) is 0 Å². The minimum absolute atomic E-state index is 0.0472. The number of halogens is 1. The number of nitrogens with two attached hydrogens (primary N) is 1. The van der Waals surface area contributed by atoms with Crippen LogP contribution in [0.5, 0.6) is 0 Å². The van der Waals surface area contributed by atoms with E-state index in [1.165, 1.54) is 0 Å². The summed E-state index contributed by atoms with van der Waals surface area (Å²) in [5.74, 6) is 0.169. The van der Waals surface area contributed by atoms with Gasteiger partial charge in [-0.15, -0.1) is 0 Å². The van der Waals surface area contributed by atoms with Crippen molar-refractivity contribution in [1.82, 2.24) is 10.2 Å². The standard InChI is InChI=1S/C21H28BClN4O3/c1-2-3-4-15-12-27(19(29)10-9-18(24)28)13-16-11-22(30)26-21(25-20(15)16)14-5-7-17(23)8-6-14/h5-8,15,30H,2-4,9-13H2,1H3,(H2,24,28)(H,25,26). The van der Waals surface area contributed by atoms with Gasteiger partial charge in [-0.3, -0.25) is 14.5 Å². The van der Waals surface area contributed by atoms with Crippen LogP contribution in [0.1, 0.15) is 44.6 Å². The molecule has 0 aromatic heterocycles. The Balaban J connectivity index is 1.86. The van der Waals surface area contributed by atoms with Gasteiger partial charge in [0.15, 0.2) is 0 Å². The molecule has 0 fully saturated rings. The molecule has 7 nitrogen and oxygen atoms in total. The quantitative estimate of drug-likeness (QED) is 0.577. The predicted molar refractivity (Wildman–Crippen MR) is 119 cm³/mol. The minimum Gasteiger partial charge on any atom is -0.431 e. The zero-order valence-electron chi connectivity index (χ0n) is 17.2. The second-order valence-corrected chi connectivity index (χ2v) is 8.33. The fourth-order valence-corrected chi connectivity index (χ4v) is 4.11. The lowest BCUT2D eigenvalue weighted by atomic mass is 9.74. The number of primary amides is 1.